The van der Waals surface area contributed by atoms with Crippen LogP contribution in [0.15, 0.2) is 24.3 Å². The summed E-state index contributed by atoms with van der Waals surface area (Å²) in [4.78, 5) is 0. The van der Waals surface area contributed by atoms with Crippen molar-refractivity contribution in [2.24, 2.45) is 11.3 Å². The Kier molecular flexibility index (Phi) is 5.23. The van der Waals surface area contributed by atoms with Gasteiger partial charge in [-0.1, -0.05) is 38.2 Å². The van der Waals surface area contributed by atoms with E-state index in [9.17, 15) is 0 Å². The molecular formula is C14H25NO. The maximum Gasteiger partial charge on any atom is 0.0607 e. The van der Waals surface area contributed by atoms with E-state index in [1.165, 1.54) is 0 Å². The molecule has 1 aliphatic carbocycles. The smallest absolute Gasteiger partial charge is 0.0607 e. The van der Waals surface area contributed by atoms with E-state index in [2.05, 4.69) is 57.3 Å². The Labute approximate surface area is 99.8 Å². The highest BCUT2D eigenvalue weighted by Crippen LogP contribution is 2.26. The molecule has 0 atom stereocenters. The number of rotatable bonds is 7. The van der Waals surface area contributed by atoms with Crippen molar-refractivity contribution in [3.8, 4) is 0 Å². The number of allylic oxidation sites excluding steroid dienone is 2. The van der Waals surface area contributed by atoms with Gasteiger partial charge >= 0.3 is 0 Å². The lowest BCUT2D eigenvalue weighted by Gasteiger charge is -2.27. The highest BCUT2D eigenvalue weighted by molar-refractivity contribution is 5.25. The largest absolute Gasteiger partial charge is 0.378 e. The molecule has 0 unspecified atom stereocenters. The maximum absolute atomic E-state index is 5.74. The second kappa shape index (κ2) is 6.21. The van der Waals surface area contributed by atoms with E-state index in [4.69, 9.17) is 4.74 Å². The van der Waals surface area contributed by atoms with Crippen LogP contribution in [0.3, 0.4) is 0 Å². The van der Waals surface area contributed by atoms with Gasteiger partial charge < -0.3 is 10.1 Å². The molecule has 0 aromatic carbocycles. The third kappa shape index (κ3) is 4.50. The van der Waals surface area contributed by atoms with Crippen LogP contribution in [0, 0.1) is 11.3 Å². The number of ether oxygens (including phenoxy) is 1. The first-order chi connectivity index (χ1) is 7.54. The molecule has 0 bridgehead atoms. The molecule has 0 radical (unpaired) electrons. The molecule has 0 saturated heterocycles. The van der Waals surface area contributed by atoms with E-state index in [0.717, 1.165) is 19.7 Å². The average molecular weight is 223 g/mol. The normalized spacial score (nSPS) is 17.9. The van der Waals surface area contributed by atoms with E-state index < -0.39 is 0 Å². The van der Waals surface area contributed by atoms with Crippen molar-refractivity contribution in [1.82, 2.24) is 5.32 Å². The molecule has 0 heterocycles. The fourth-order valence-corrected chi connectivity index (χ4v) is 1.73. The highest BCUT2D eigenvalue weighted by Gasteiger charge is 2.26. The molecule has 0 saturated carbocycles. The van der Waals surface area contributed by atoms with Gasteiger partial charge in [-0.15, -0.1) is 0 Å². The third-order valence-corrected chi connectivity index (χ3v) is 2.66. The molecule has 2 heteroatoms. The highest BCUT2D eigenvalue weighted by atomic mass is 16.5. The van der Waals surface area contributed by atoms with E-state index in [1.54, 1.807) is 0 Å². The van der Waals surface area contributed by atoms with Crippen molar-refractivity contribution in [3.05, 3.63) is 24.3 Å². The van der Waals surface area contributed by atoms with Crippen LogP contribution in [0.2, 0.25) is 0 Å². The fraction of sp³-hybridized carbons (Fsp3) is 0.714. The standard InChI is InChI=1S/C14H25NO/c1-12(2)9-15-10-14(7-5-6-8-14)11-16-13(3)4/h5-8,12-13,15H,9-11H2,1-4H3. The molecule has 0 aromatic heterocycles. The van der Waals surface area contributed by atoms with Gasteiger partial charge in [-0.05, 0) is 26.3 Å². The Morgan fingerprint density at radius 2 is 1.75 bits per heavy atom. The minimum Gasteiger partial charge on any atom is -0.378 e. The van der Waals surface area contributed by atoms with Gasteiger partial charge in [0.25, 0.3) is 0 Å². The molecular weight excluding hydrogens is 198 g/mol. The van der Waals surface area contributed by atoms with Gasteiger partial charge in [-0.25, -0.2) is 0 Å². The Balaban J connectivity index is 2.40. The molecule has 1 rings (SSSR count). The summed E-state index contributed by atoms with van der Waals surface area (Å²) < 4.78 is 5.74. The average Bonchev–Trinajstić information content (AvgIpc) is 2.64. The zero-order chi connectivity index (χ0) is 12.0. The summed E-state index contributed by atoms with van der Waals surface area (Å²) in [6, 6.07) is 0. The number of hydrogen-bond donors (Lipinski definition) is 1. The molecule has 1 aliphatic rings. The minimum absolute atomic E-state index is 0.0686. The second-order valence-electron chi connectivity index (χ2n) is 5.34. The van der Waals surface area contributed by atoms with Gasteiger partial charge in [0.15, 0.2) is 0 Å². The van der Waals surface area contributed by atoms with Gasteiger partial charge in [0.2, 0.25) is 0 Å². The first kappa shape index (κ1) is 13.5. The first-order valence-corrected chi connectivity index (χ1v) is 6.23. The van der Waals surface area contributed by atoms with Crippen LogP contribution in [0.1, 0.15) is 27.7 Å². The molecule has 0 aromatic rings. The second-order valence-corrected chi connectivity index (χ2v) is 5.34. The molecule has 16 heavy (non-hydrogen) atoms. The molecule has 0 amide bonds. The summed E-state index contributed by atoms with van der Waals surface area (Å²) in [6.07, 6.45) is 9.00. The van der Waals surface area contributed by atoms with Crippen LogP contribution < -0.4 is 5.32 Å². The van der Waals surface area contributed by atoms with Crippen molar-refractivity contribution < 1.29 is 4.74 Å². The summed E-state index contributed by atoms with van der Waals surface area (Å²) in [5.41, 5.74) is 0.0686. The topological polar surface area (TPSA) is 21.3 Å². The minimum atomic E-state index is 0.0686. The number of nitrogens with one attached hydrogen (secondary N) is 1. The zero-order valence-corrected chi connectivity index (χ0v) is 11.0. The maximum atomic E-state index is 5.74. The lowest BCUT2D eigenvalue weighted by molar-refractivity contribution is 0.0419. The molecule has 0 fully saturated rings. The van der Waals surface area contributed by atoms with Crippen molar-refractivity contribution in [3.63, 3.8) is 0 Å². The summed E-state index contributed by atoms with van der Waals surface area (Å²) in [5, 5.41) is 3.51. The van der Waals surface area contributed by atoms with E-state index in [-0.39, 0.29) is 5.41 Å². The lowest BCUT2D eigenvalue weighted by Crippen LogP contribution is -2.36. The molecule has 2 nitrogen and oxygen atoms in total. The molecule has 92 valence electrons. The van der Waals surface area contributed by atoms with Gasteiger partial charge in [0.05, 0.1) is 12.7 Å². The monoisotopic (exact) mass is 223 g/mol. The van der Waals surface area contributed by atoms with Crippen molar-refractivity contribution in [2.75, 3.05) is 19.7 Å². The predicted molar refractivity (Wildman–Crippen MR) is 69.5 cm³/mol. The molecule has 0 aliphatic heterocycles. The third-order valence-electron chi connectivity index (χ3n) is 2.66. The Morgan fingerprint density at radius 3 is 2.25 bits per heavy atom. The van der Waals surface area contributed by atoms with Crippen LogP contribution in [0.4, 0.5) is 0 Å². The van der Waals surface area contributed by atoms with Crippen LogP contribution in [0.5, 0.6) is 0 Å². The van der Waals surface area contributed by atoms with Crippen LogP contribution in [-0.4, -0.2) is 25.8 Å². The van der Waals surface area contributed by atoms with Gasteiger partial charge in [-0.3, -0.25) is 0 Å². The first-order valence-electron chi connectivity index (χ1n) is 6.23. The Morgan fingerprint density at radius 1 is 1.12 bits per heavy atom. The Bertz CT molecular complexity index is 241. The van der Waals surface area contributed by atoms with Crippen molar-refractivity contribution >= 4 is 0 Å². The predicted octanol–water partition coefficient (Wildman–Crippen LogP) is 2.77. The number of hydrogen-bond acceptors (Lipinski definition) is 2. The summed E-state index contributed by atoms with van der Waals surface area (Å²) in [7, 11) is 0. The van der Waals surface area contributed by atoms with Gasteiger partial charge in [0.1, 0.15) is 0 Å². The zero-order valence-electron chi connectivity index (χ0n) is 11.0. The van der Waals surface area contributed by atoms with Gasteiger partial charge in [-0.2, -0.15) is 0 Å². The summed E-state index contributed by atoms with van der Waals surface area (Å²) >= 11 is 0. The quantitative estimate of drug-likeness (QED) is 0.716. The van der Waals surface area contributed by atoms with Crippen molar-refractivity contribution in [1.29, 1.82) is 0 Å². The summed E-state index contributed by atoms with van der Waals surface area (Å²) in [6.45, 7) is 11.4. The van der Waals surface area contributed by atoms with Crippen LogP contribution in [-0.2, 0) is 4.74 Å². The van der Waals surface area contributed by atoms with Gasteiger partial charge in [0, 0.05) is 12.0 Å². The Hall–Kier alpha value is -0.600. The summed E-state index contributed by atoms with van der Waals surface area (Å²) in [5.74, 6) is 0.692. The van der Waals surface area contributed by atoms with Crippen molar-refractivity contribution in [2.45, 2.75) is 33.8 Å². The van der Waals surface area contributed by atoms with Crippen LogP contribution >= 0.6 is 0 Å². The van der Waals surface area contributed by atoms with Crippen LogP contribution in [0.25, 0.3) is 0 Å². The van der Waals surface area contributed by atoms with E-state index in [0.29, 0.717) is 12.0 Å². The van der Waals surface area contributed by atoms with E-state index in [1.807, 2.05) is 0 Å². The fourth-order valence-electron chi connectivity index (χ4n) is 1.73. The molecule has 0 spiro atoms. The van der Waals surface area contributed by atoms with E-state index >= 15 is 0 Å². The molecule has 1 N–H and O–H groups in total. The lowest BCUT2D eigenvalue weighted by atomic mass is 9.91. The SMILES string of the molecule is CC(C)CNCC1(COC(C)C)C=CC=C1.